The maximum absolute atomic E-state index is 13.9. The molecule has 0 radical (unpaired) electrons. The molecule has 0 fully saturated rings. The summed E-state index contributed by atoms with van der Waals surface area (Å²) in [6, 6.07) is 13.8. The Morgan fingerprint density at radius 1 is 1.24 bits per heavy atom. The summed E-state index contributed by atoms with van der Waals surface area (Å²) < 4.78 is 14.3. The van der Waals surface area contributed by atoms with Crippen molar-refractivity contribution in [3.05, 3.63) is 69.9 Å². The topological polar surface area (TPSA) is 29.1 Å². The van der Waals surface area contributed by atoms with E-state index in [0.29, 0.717) is 4.47 Å². The van der Waals surface area contributed by atoms with Crippen LogP contribution in [0.15, 0.2) is 53.0 Å². The SMILES string of the molecule is CC(CCl)(NC(=O)c1c(F)cccc1Br)c1ccccc1. The van der Waals surface area contributed by atoms with Crippen LogP contribution in [0, 0.1) is 5.82 Å². The fraction of sp³-hybridized carbons (Fsp3) is 0.188. The lowest BCUT2D eigenvalue weighted by Crippen LogP contribution is -2.45. The summed E-state index contributed by atoms with van der Waals surface area (Å²) in [5, 5.41) is 2.82. The maximum atomic E-state index is 13.9. The van der Waals surface area contributed by atoms with Crippen molar-refractivity contribution < 1.29 is 9.18 Å². The first kappa shape index (κ1) is 16.0. The summed E-state index contributed by atoms with van der Waals surface area (Å²) in [6.07, 6.45) is 0. The Bertz CT molecular complexity index is 630. The summed E-state index contributed by atoms with van der Waals surface area (Å²) in [5.74, 6) is -0.909. The molecule has 0 aromatic heterocycles. The van der Waals surface area contributed by atoms with Crippen molar-refractivity contribution in [3.63, 3.8) is 0 Å². The highest BCUT2D eigenvalue weighted by Gasteiger charge is 2.29. The fourth-order valence-electron chi connectivity index (χ4n) is 2.02. The molecule has 2 nitrogen and oxygen atoms in total. The largest absolute Gasteiger partial charge is 0.341 e. The second-order valence-electron chi connectivity index (χ2n) is 4.88. The first-order valence-corrected chi connectivity index (χ1v) is 7.69. The first-order valence-electron chi connectivity index (χ1n) is 6.36. The Morgan fingerprint density at radius 3 is 2.48 bits per heavy atom. The van der Waals surface area contributed by atoms with Gasteiger partial charge in [-0.05, 0) is 40.5 Å². The molecule has 5 heteroatoms. The molecule has 0 aliphatic heterocycles. The van der Waals surface area contributed by atoms with Crippen LogP contribution in [0.4, 0.5) is 4.39 Å². The Morgan fingerprint density at radius 2 is 1.90 bits per heavy atom. The quantitative estimate of drug-likeness (QED) is 0.790. The van der Waals surface area contributed by atoms with Crippen LogP contribution in [0.2, 0.25) is 0 Å². The molecule has 0 heterocycles. The van der Waals surface area contributed by atoms with E-state index in [1.165, 1.54) is 12.1 Å². The van der Waals surface area contributed by atoms with E-state index in [2.05, 4.69) is 21.2 Å². The van der Waals surface area contributed by atoms with Crippen LogP contribution in [0.25, 0.3) is 0 Å². The Hall–Kier alpha value is -1.39. The smallest absolute Gasteiger partial charge is 0.256 e. The minimum absolute atomic E-state index is 0.0234. The Kier molecular flexibility index (Phi) is 5.01. The van der Waals surface area contributed by atoms with E-state index in [1.54, 1.807) is 6.07 Å². The van der Waals surface area contributed by atoms with Crippen molar-refractivity contribution in [2.24, 2.45) is 0 Å². The van der Waals surface area contributed by atoms with Crippen molar-refractivity contribution in [3.8, 4) is 0 Å². The van der Waals surface area contributed by atoms with Gasteiger partial charge in [-0.15, -0.1) is 11.6 Å². The second-order valence-corrected chi connectivity index (χ2v) is 6.00. The third kappa shape index (κ3) is 3.44. The van der Waals surface area contributed by atoms with E-state index < -0.39 is 17.3 Å². The monoisotopic (exact) mass is 369 g/mol. The molecule has 1 unspecified atom stereocenters. The minimum Gasteiger partial charge on any atom is -0.341 e. The molecule has 0 aliphatic carbocycles. The zero-order valence-corrected chi connectivity index (χ0v) is 13.7. The summed E-state index contributed by atoms with van der Waals surface area (Å²) in [4.78, 5) is 12.4. The molecule has 0 bridgehead atoms. The molecule has 0 saturated heterocycles. The lowest BCUT2D eigenvalue weighted by atomic mass is 9.93. The zero-order chi connectivity index (χ0) is 15.5. The van der Waals surface area contributed by atoms with Gasteiger partial charge in [0.1, 0.15) is 5.82 Å². The van der Waals surface area contributed by atoms with Crippen molar-refractivity contribution >= 4 is 33.4 Å². The van der Waals surface area contributed by atoms with Gasteiger partial charge in [0.25, 0.3) is 5.91 Å². The van der Waals surface area contributed by atoms with Crippen LogP contribution < -0.4 is 5.32 Å². The average molecular weight is 371 g/mol. The van der Waals surface area contributed by atoms with Gasteiger partial charge in [-0.1, -0.05) is 36.4 Å². The number of amides is 1. The number of benzene rings is 2. The molecule has 2 rings (SSSR count). The van der Waals surface area contributed by atoms with E-state index in [0.717, 1.165) is 5.56 Å². The summed E-state index contributed by atoms with van der Waals surface area (Å²) in [5.41, 5.74) is 0.0623. The predicted molar refractivity (Wildman–Crippen MR) is 86.1 cm³/mol. The third-order valence-corrected chi connectivity index (χ3v) is 4.45. The van der Waals surface area contributed by atoms with Gasteiger partial charge in [0.05, 0.1) is 11.1 Å². The van der Waals surface area contributed by atoms with Gasteiger partial charge in [0, 0.05) is 10.4 Å². The van der Waals surface area contributed by atoms with Gasteiger partial charge >= 0.3 is 0 Å². The standard InChI is InChI=1S/C16H14BrClFNO/c1-16(10-18,11-6-3-2-4-7-11)20-15(21)14-12(17)8-5-9-13(14)19/h2-9H,10H2,1H3,(H,20,21). The van der Waals surface area contributed by atoms with Crippen LogP contribution in [-0.2, 0) is 5.54 Å². The number of nitrogens with one attached hydrogen (secondary N) is 1. The van der Waals surface area contributed by atoms with E-state index >= 15 is 0 Å². The zero-order valence-electron chi connectivity index (χ0n) is 11.4. The molecular weight excluding hydrogens is 357 g/mol. The number of alkyl halides is 1. The molecule has 0 spiro atoms. The lowest BCUT2D eigenvalue weighted by Gasteiger charge is -2.29. The van der Waals surface area contributed by atoms with E-state index in [4.69, 9.17) is 11.6 Å². The predicted octanol–water partition coefficient (Wildman–Crippen LogP) is 4.47. The Balaban J connectivity index is 2.33. The number of hydrogen-bond donors (Lipinski definition) is 1. The number of carbonyl (C=O) groups excluding carboxylic acids is 1. The third-order valence-electron chi connectivity index (χ3n) is 3.26. The van der Waals surface area contributed by atoms with Gasteiger partial charge in [0.15, 0.2) is 0 Å². The molecule has 2 aromatic rings. The molecule has 1 amide bonds. The van der Waals surface area contributed by atoms with Crippen LogP contribution in [0.3, 0.4) is 0 Å². The van der Waals surface area contributed by atoms with Gasteiger partial charge in [-0.3, -0.25) is 4.79 Å². The van der Waals surface area contributed by atoms with Crippen LogP contribution in [-0.4, -0.2) is 11.8 Å². The second kappa shape index (κ2) is 6.58. The molecule has 1 atom stereocenters. The average Bonchev–Trinajstić information content (AvgIpc) is 2.48. The molecule has 0 saturated carbocycles. The summed E-state index contributed by atoms with van der Waals surface area (Å²) >= 11 is 9.23. The molecular formula is C16H14BrClFNO. The molecule has 2 aromatic carbocycles. The summed E-state index contributed by atoms with van der Waals surface area (Å²) in [7, 11) is 0. The van der Waals surface area contributed by atoms with Crippen LogP contribution >= 0.6 is 27.5 Å². The van der Waals surface area contributed by atoms with E-state index in [-0.39, 0.29) is 11.4 Å². The van der Waals surface area contributed by atoms with Crippen molar-refractivity contribution in [2.75, 3.05) is 5.88 Å². The summed E-state index contributed by atoms with van der Waals surface area (Å²) in [6.45, 7) is 1.81. The van der Waals surface area contributed by atoms with Crippen LogP contribution in [0.5, 0.6) is 0 Å². The number of carbonyl (C=O) groups is 1. The van der Waals surface area contributed by atoms with E-state index in [1.807, 2.05) is 37.3 Å². The minimum atomic E-state index is -0.776. The highest BCUT2D eigenvalue weighted by molar-refractivity contribution is 9.10. The Labute approximate surface area is 136 Å². The van der Waals surface area contributed by atoms with Gasteiger partial charge in [0.2, 0.25) is 0 Å². The van der Waals surface area contributed by atoms with Crippen molar-refractivity contribution in [1.29, 1.82) is 0 Å². The highest BCUT2D eigenvalue weighted by atomic mass is 79.9. The highest BCUT2D eigenvalue weighted by Crippen LogP contribution is 2.25. The lowest BCUT2D eigenvalue weighted by molar-refractivity contribution is 0.0908. The molecule has 0 aliphatic rings. The fourth-order valence-corrected chi connectivity index (χ4v) is 2.76. The van der Waals surface area contributed by atoms with Gasteiger partial charge < -0.3 is 5.32 Å². The van der Waals surface area contributed by atoms with Crippen molar-refractivity contribution in [2.45, 2.75) is 12.5 Å². The van der Waals surface area contributed by atoms with Gasteiger partial charge in [-0.2, -0.15) is 0 Å². The normalized spacial score (nSPS) is 13.5. The molecule has 21 heavy (non-hydrogen) atoms. The van der Waals surface area contributed by atoms with Crippen molar-refractivity contribution in [1.82, 2.24) is 5.32 Å². The van der Waals surface area contributed by atoms with Crippen LogP contribution in [0.1, 0.15) is 22.8 Å². The molecule has 1 N–H and O–H groups in total. The maximum Gasteiger partial charge on any atom is 0.256 e. The van der Waals surface area contributed by atoms with E-state index in [9.17, 15) is 9.18 Å². The number of halogens is 3. The van der Waals surface area contributed by atoms with Gasteiger partial charge in [-0.25, -0.2) is 4.39 Å². The molecule has 110 valence electrons. The number of rotatable bonds is 4. The first-order chi connectivity index (χ1) is 9.98. The number of hydrogen-bond acceptors (Lipinski definition) is 1.